The molecule has 4 rings (SSSR count). The number of anilines is 1. The standard InChI is InChI=1S/C21H31FN4O2/c1-21(26-12-14-28-15-13-26)7-10-24(11-8-21)20(27)23-18-6-9-25(16-18)19-4-2-17(22)3-5-19/h2-5,18H,6-16H2,1H3,(H,23,27). The van der Waals surface area contributed by atoms with Gasteiger partial charge in [0, 0.05) is 56.5 Å². The number of nitrogens with one attached hydrogen (secondary N) is 1. The van der Waals surface area contributed by atoms with Crippen molar-refractivity contribution in [3.63, 3.8) is 0 Å². The fourth-order valence-electron chi connectivity index (χ4n) is 4.64. The van der Waals surface area contributed by atoms with Crippen LogP contribution in [0.3, 0.4) is 0 Å². The molecule has 3 fully saturated rings. The second-order valence-corrected chi connectivity index (χ2v) is 8.44. The van der Waals surface area contributed by atoms with Crippen molar-refractivity contribution in [1.29, 1.82) is 0 Å². The molecule has 1 aromatic carbocycles. The molecular formula is C21H31FN4O2. The summed E-state index contributed by atoms with van der Waals surface area (Å²) in [5, 5.41) is 3.20. The van der Waals surface area contributed by atoms with Gasteiger partial charge in [-0.05, 0) is 50.5 Å². The SMILES string of the molecule is CC1(N2CCOCC2)CCN(C(=O)NC2CCN(c3ccc(F)cc3)C2)CC1. The molecule has 1 atom stereocenters. The van der Waals surface area contributed by atoms with Crippen LogP contribution >= 0.6 is 0 Å². The van der Waals surface area contributed by atoms with Gasteiger partial charge in [-0.25, -0.2) is 9.18 Å². The number of piperidine rings is 1. The van der Waals surface area contributed by atoms with E-state index in [-0.39, 0.29) is 23.4 Å². The predicted octanol–water partition coefficient (Wildman–Crippen LogP) is 2.30. The molecular weight excluding hydrogens is 359 g/mol. The van der Waals surface area contributed by atoms with E-state index in [0.717, 1.165) is 77.4 Å². The maximum absolute atomic E-state index is 13.1. The van der Waals surface area contributed by atoms with E-state index in [0.29, 0.717) is 0 Å². The molecule has 154 valence electrons. The minimum atomic E-state index is -0.220. The number of rotatable bonds is 3. The van der Waals surface area contributed by atoms with Crippen molar-refractivity contribution in [2.75, 3.05) is 57.4 Å². The maximum atomic E-state index is 13.1. The highest BCUT2D eigenvalue weighted by molar-refractivity contribution is 5.75. The largest absolute Gasteiger partial charge is 0.379 e. The number of likely N-dealkylation sites (tertiary alicyclic amines) is 1. The van der Waals surface area contributed by atoms with Crippen LogP contribution in [0.5, 0.6) is 0 Å². The average molecular weight is 391 g/mol. The highest BCUT2D eigenvalue weighted by atomic mass is 19.1. The summed E-state index contributed by atoms with van der Waals surface area (Å²) in [7, 11) is 0. The monoisotopic (exact) mass is 390 g/mol. The fourth-order valence-corrected chi connectivity index (χ4v) is 4.64. The first-order valence-corrected chi connectivity index (χ1v) is 10.4. The zero-order valence-electron chi connectivity index (χ0n) is 16.7. The Labute approximate surface area is 166 Å². The summed E-state index contributed by atoms with van der Waals surface area (Å²) in [5.74, 6) is -0.220. The minimum absolute atomic E-state index is 0.0509. The summed E-state index contributed by atoms with van der Waals surface area (Å²) in [4.78, 5) is 19.4. The molecule has 0 saturated carbocycles. The molecule has 3 aliphatic rings. The number of morpholine rings is 1. The first kappa shape index (κ1) is 19.5. The molecule has 0 aromatic heterocycles. The van der Waals surface area contributed by atoms with E-state index in [1.807, 2.05) is 4.90 Å². The summed E-state index contributed by atoms with van der Waals surface area (Å²) < 4.78 is 18.6. The molecule has 7 heteroatoms. The van der Waals surface area contributed by atoms with Crippen LogP contribution in [0.15, 0.2) is 24.3 Å². The van der Waals surface area contributed by atoms with Crippen LogP contribution < -0.4 is 10.2 Å². The summed E-state index contributed by atoms with van der Waals surface area (Å²) in [6.45, 7) is 9.18. The van der Waals surface area contributed by atoms with E-state index in [9.17, 15) is 9.18 Å². The molecule has 1 unspecified atom stereocenters. The number of hydrogen-bond donors (Lipinski definition) is 1. The van der Waals surface area contributed by atoms with E-state index in [2.05, 4.69) is 22.0 Å². The van der Waals surface area contributed by atoms with Crippen LogP contribution in [0, 0.1) is 5.82 Å². The molecule has 0 aliphatic carbocycles. The lowest BCUT2D eigenvalue weighted by Gasteiger charge is -2.48. The van der Waals surface area contributed by atoms with Crippen LogP contribution in [0.25, 0.3) is 0 Å². The third kappa shape index (κ3) is 4.25. The average Bonchev–Trinajstić information content (AvgIpc) is 3.18. The number of ether oxygens (including phenoxy) is 1. The van der Waals surface area contributed by atoms with Crippen molar-refractivity contribution in [1.82, 2.24) is 15.1 Å². The molecule has 3 saturated heterocycles. The Kier molecular flexibility index (Phi) is 5.73. The molecule has 28 heavy (non-hydrogen) atoms. The quantitative estimate of drug-likeness (QED) is 0.861. The summed E-state index contributed by atoms with van der Waals surface area (Å²) in [6, 6.07) is 6.77. The van der Waals surface area contributed by atoms with Gasteiger partial charge in [-0.15, -0.1) is 0 Å². The third-order valence-corrected chi connectivity index (χ3v) is 6.61. The lowest BCUT2D eigenvalue weighted by molar-refractivity contribution is -0.0357. The van der Waals surface area contributed by atoms with Crippen LogP contribution in [-0.2, 0) is 4.74 Å². The summed E-state index contributed by atoms with van der Waals surface area (Å²) in [5.41, 5.74) is 1.19. The number of halogens is 1. The van der Waals surface area contributed by atoms with Crippen molar-refractivity contribution in [2.45, 2.75) is 37.8 Å². The van der Waals surface area contributed by atoms with E-state index in [4.69, 9.17) is 4.74 Å². The number of hydrogen-bond acceptors (Lipinski definition) is 4. The molecule has 2 amide bonds. The van der Waals surface area contributed by atoms with Crippen molar-refractivity contribution < 1.29 is 13.9 Å². The summed E-state index contributed by atoms with van der Waals surface area (Å²) in [6.07, 6.45) is 2.93. The minimum Gasteiger partial charge on any atom is -0.379 e. The van der Waals surface area contributed by atoms with Gasteiger partial charge in [0.05, 0.1) is 13.2 Å². The van der Waals surface area contributed by atoms with Crippen molar-refractivity contribution in [3.8, 4) is 0 Å². The van der Waals surface area contributed by atoms with Crippen LogP contribution in [-0.4, -0.2) is 79.9 Å². The van der Waals surface area contributed by atoms with Gasteiger partial charge in [-0.1, -0.05) is 0 Å². The predicted molar refractivity (Wildman–Crippen MR) is 107 cm³/mol. The molecule has 6 nitrogen and oxygen atoms in total. The summed E-state index contributed by atoms with van der Waals surface area (Å²) >= 11 is 0. The lowest BCUT2D eigenvalue weighted by Crippen LogP contribution is -2.58. The number of benzene rings is 1. The van der Waals surface area contributed by atoms with E-state index in [1.54, 1.807) is 12.1 Å². The Morgan fingerprint density at radius 1 is 1.11 bits per heavy atom. The molecule has 0 spiro atoms. The van der Waals surface area contributed by atoms with Crippen LogP contribution in [0.4, 0.5) is 14.9 Å². The Hall–Kier alpha value is -1.86. The molecule has 0 radical (unpaired) electrons. The highest BCUT2D eigenvalue weighted by Gasteiger charge is 2.38. The zero-order valence-corrected chi connectivity index (χ0v) is 16.7. The number of urea groups is 1. The Morgan fingerprint density at radius 3 is 2.46 bits per heavy atom. The van der Waals surface area contributed by atoms with Gasteiger partial charge in [0.1, 0.15) is 5.82 Å². The fraction of sp³-hybridized carbons (Fsp3) is 0.667. The third-order valence-electron chi connectivity index (χ3n) is 6.61. The van der Waals surface area contributed by atoms with E-state index >= 15 is 0 Å². The topological polar surface area (TPSA) is 48.1 Å². The normalized spacial score (nSPS) is 25.7. The van der Waals surface area contributed by atoms with Crippen molar-refractivity contribution in [2.24, 2.45) is 0 Å². The molecule has 3 heterocycles. The molecule has 3 aliphatic heterocycles. The number of nitrogens with zero attached hydrogens (tertiary/aromatic N) is 3. The van der Waals surface area contributed by atoms with Gasteiger partial charge in [0.25, 0.3) is 0 Å². The van der Waals surface area contributed by atoms with Crippen molar-refractivity contribution >= 4 is 11.7 Å². The number of carbonyl (C=O) groups excluding carboxylic acids is 1. The first-order valence-electron chi connectivity index (χ1n) is 10.4. The first-order chi connectivity index (χ1) is 13.5. The van der Waals surface area contributed by atoms with E-state index in [1.165, 1.54) is 12.1 Å². The van der Waals surface area contributed by atoms with Gasteiger partial charge in [0.15, 0.2) is 0 Å². The lowest BCUT2D eigenvalue weighted by atomic mass is 9.87. The Morgan fingerprint density at radius 2 is 1.79 bits per heavy atom. The second kappa shape index (κ2) is 8.25. The Bertz CT molecular complexity index is 669. The van der Waals surface area contributed by atoms with Gasteiger partial charge in [-0.2, -0.15) is 0 Å². The van der Waals surface area contributed by atoms with Gasteiger partial charge >= 0.3 is 6.03 Å². The van der Waals surface area contributed by atoms with Gasteiger partial charge in [0.2, 0.25) is 0 Å². The zero-order chi connectivity index (χ0) is 19.6. The van der Waals surface area contributed by atoms with Gasteiger partial charge in [-0.3, -0.25) is 4.90 Å². The van der Waals surface area contributed by atoms with E-state index < -0.39 is 0 Å². The Balaban J connectivity index is 1.25. The van der Waals surface area contributed by atoms with Gasteiger partial charge < -0.3 is 19.9 Å². The molecule has 1 N–H and O–H groups in total. The second-order valence-electron chi connectivity index (χ2n) is 8.44. The van der Waals surface area contributed by atoms with Crippen molar-refractivity contribution in [3.05, 3.63) is 30.1 Å². The highest BCUT2D eigenvalue weighted by Crippen LogP contribution is 2.29. The number of amides is 2. The number of carbonyl (C=O) groups is 1. The maximum Gasteiger partial charge on any atom is 0.317 e. The smallest absolute Gasteiger partial charge is 0.317 e. The van der Waals surface area contributed by atoms with Crippen LogP contribution in [0.2, 0.25) is 0 Å². The molecule has 0 bridgehead atoms. The molecule has 1 aromatic rings. The van der Waals surface area contributed by atoms with Crippen LogP contribution in [0.1, 0.15) is 26.2 Å².